The summed E-state index contributed by atoms with van der Waals surface area (Å²) in [7, 11) is -3.99. The number of carbonyl (C=O) groups is 1. The van der Waals surface area contributed by atoms with Crippen LogP contribution in [0.2, 0.25) is 5.02 Å². The second-order valence-electron chi connectivity index (χ2n) is 5.13. The van der Waals surface area contributed by atoms with Crippen LogP contribution in [0.3, 0.4) is 0 Å². The Balaban J connectivity index is 1.98. The van der Waals surface area contributed by atoms with Crippen LogP contribution in [0.4, 0.5) is 0 Å². The molecule has 26 heavy (non-hydrogen) atoms. The smallest absolute Gasteiger partial charge is 0.284 e. The summed E-state index contributed by atoms with van der Waals surface area (Å²) in [5, 5.41) is 0.474. The van der Waals surface area contributed by atoms with Gasteiger partial charge >= 0.3 is 0 Å². The van der Waals surface area contributed by atoms with Crippen LogP contribution >= 0.6 is 23.4 Å². The highest BCUT2D eigenvalue weighted by molar-refractivity contribution is 8.19. The zero-order valence-electron chi connectivity index (χ0n) is 13.3. The molecule has 134 valence electrons. The largest absolute Gasteiger partial charge is 0.465 e. The Labute approximate surface area is 159 Å². The maximum Gasteiger partial charge on any atom is 0.284 e. The summed E-state index contributed by atoms with van der Waals surface area (Å²) >= 11 is 6.75. The van der Waals surface area contributed by atoms with E-state index in [9.17, 15) is 13.2 Å². The second kappa shape index (κ2) is 7.53. The van der Waals surface area contributed by atoms with Crippen LogP contribution < -0.4 is 0 Å². The molecule has 1 aliphatic heterocycles. The molecule has 6 nitrogen and oxygen atoms in total. The van der Waals surface area contributed by atoms with Gasteiger partial charge in [0, 0.05) is 17.6 Å². The molecule has 1 aromatic carbocycles. The van der Waals surface area contributed by atoms with E-state index in [1.54, 1.807) is 18.2 Å². The number of rotatable bonds is 5. The Morgan fingerprint density at radius 1 is 1.27 bits per heavy atom. The standard InChI is InChI=1S/C17H13ClN2O4S2/c1-2-9-20-16(21)15(11-13-4-3-10-24-13)25-17(20)19-26(22,23)14-7-5-12(18)6-8-14/h2-8,10-11H,1,9H2. The summed E-state index contributed by atoms with van der Waals surface area (Å²) in [5.41, 5.74) is 0. The number of hydrogen-bond donors (Lipinski definition) is 0. The molecule has 0 atom stereocenters. The maximum absolute atomic E-state index is 12.6. The monoisotopic (exact) mass is 408 g/mol. The summed E-state index contributed by atoms with van der Waals surface area (Å²) in [4.78, 5) is 14.1. The molecule has 0 saturated carbocycles. The van der Waals surface area contributed by atoms with Gasteiger partial charge in [-0.15, -0.1) is 11.0 Å². The number of amidine groups is 1. The number of hydrogen-bond acceptors (Lipinski definition) is 5. The van der Waals surface area contributed by atoms with Crippen molar-refractivity contribution in [2.75, 3.05) is 6.54 Å². The second-order valence-corrected chi connectivity index (χ2v) is 8.18. The molecule has 1 saturated heterocycles. The molecule has 1 aliphatic rings. The third kappa shape index (κ3) is 3.92. The number of benzene rings is 1. The summed E-state index contributed by atoms with van der Waals surface area (Å²) in [6, 6.07) is 9.04. The minimum Gasteiger partial charge on any atom is -0.465 e. The minimum atomic E-state index is -3.99. The molecular weight excluding hydrogens is 396 g/mol. The Hall–Kier alpha value is -2.29. The van der Waals surface area contributed by atoms with E-state index in [1.807, 2.05) is 0 Å². The Bertz CT molecular complexity index is 994. The van der Waals surface area contributed by atoms with Gasteiger partial charge in [0.05, 0.1) is 16.1 Å². The van der Waals surface area contributed by atoms with Gasteiger partial charge in [-0.3, -0.25) is 9.69 Å². The summed E-state index contributed by atoms with van der Waals surface area (Å²) < 4.78 is 34.1. The van der Waals surface area contributed by atoms with Crippen molar-refractivity contribution in [3.05, 3.63) is 71.0 Å². The first kappa shape index (κ1) is 18.5. The van der Waals surface area contributed by atoms with Crippen LogP contribution in [0.25, 0.3) is 6.08 Å². The fraction of sp³-hybridized carbons (Fsp3) is 0.0588. The number of halogens is 1. The van der Waals surface area contributed by atoms with Gasteiger partial charge in [-0.2, -0.15) is 8.42 Å². The van der Waals surface area contributed by atoms with E-state index in [2.05, 4.69) is 11.0 Å². The van der Waals surface area contributed by atoms with Crippen LogP contribution in [0.1, 0.15) is 5.76 Å². The fourth-order valence-corrected chi connectivity index (χ4v) is 4.43. The van der Waals surface area contributed by atoms with Crippen LogP contribution in [-0.4, -0.2) is 30.9 Å². The van der Waals surface area contributed by atoms with E-state index in [0.717, 1.165) is 11.8 Å². The van der Waals surface area contributed by atoms with Gasteiger partial charge in [0.2, 0.25) is 0 Å². The first-order valence-corrected chi connectivity index (χ1v) is 10.0. The third-order valence-electron chi connectivity index (χ3n) is 3.33. The summed E-state index contributed by atoms with van der Waals surface area (Å²) in [6.07, 6.45) is 4.53. The number of furan rings is 1. The van der Waals surface area contributed by atoms with Crippen molar-refractivity contribution in [1.82, 2.24) is 4.90 Å². The molecule has 1 aromatic heterocycles. The molecule has 0 spiro atoms. The zero-order chi connectivity index (χ0) is 18.7. The van der Waals surface area contributed by atoms with Crippen molar-refractivity contribution < 1.29 is 17.6 Å². The zero-order valence-corrected chi connectivity index (χ0v) is 15.7. The average Bonchev–Trinajstić information content (AvgIpc) is 3.20. The summed E-state index contributed by atoms with van der Waals surface area (Å²) in [5.74, 6) is 0.123. The summed E-state index contributed by atoms with van der Waals surface area (Å²) in [6.45, 7) is 3.73. The highest BCUT2D eigenvalue weighted by Crippen LogP contribution is 2.33. The lowest BCUT2D eigenvalue weighted by Gasteiger charge is -2.12. The van der Waals surface area contributed by atoms with Gasteiger partial charge in [0.25, 0.3) is 15.9 Å². The van der Waals surface area contributed by atoms with Crippen molar-refractivity contribution in [3.8, 4) is 0 Å². The van der Waals surface area contributed by atoms with Gasteiger partial charge in [0.1, 0.15) is 5.76 Å². The van der Waals surface area contributed by atoms with E-state index in [0.29, 0.717) is 15.7 Å². The molecule has 2 heterocycles. The molecular formula is C17H13ClN2O4S2. The number of nitrogens with zero attached hydrogens (tertiary/aromatic N) is 2. The lowest BCUT2D eigenvalue weighted by Crippen LogP contribution is -2.29. The van der Waals surface area contributed by atoms with Crippen molar-refractivity contribution in [2.45, 2.75) is 4.90 Å². The Morgan fingerprint density at radius 2 is 2.00 bits per heavy atom. The number of sulfonamides is 1. The molecule has 3 rings (SSSR count). The van der Waals surface area contributed by atoms with Crippen LogP contribution in [0.15, 0.2) is 73.9 Å². The van der Waals surface area contributed by atoms with E-state index in [1.165, 1.54) is 41.5 Å². The molecule has 9 heteroatoms. The van der Waals surface area contributed by atoms with Crippen LogP contribution in [0.5, 0.6) is 0 Å². The first-order chi connectivity index (χ1) is 12.4. The molecule has 1 fully saturated rings. The van der Waals surface area contributed by atoms with Crippen molar-refractivity contribution in [3.63, 3.8) is 0 Å². The van der Waals surface area contributed by atoms with Crippen molar-refractivity contribution in [2.24, 2.45) is 4.40 Å². The third-order valence-corrected chi connectivity index (χ3v) is 5.98. The molecule has 2 aromatic rings. The molecule has 0 N–H and O–H groups in total. The predicted octanol–water partition coefficient (Wildman–Crippen LogP) is 3.78. The lowest BCUT2D eigenvalue weighted by molar-refractivity contribution is -0.121. The van der Waals surface area contributed by atoms with E-state index >= 15 is 0 Å². The Kier molecular flexibility index (Phi) is 5.36. The fourth-order valence-electron chi connectivity index (χ4n) is 2.13. The maximum atomic E-state index is 12.6. The number of carbonyl (C=O) groups excluding carboxylic acids is 1. The number of thioether (sulfide) groups is 1. The average molecular weight is 409 g/mol. The van der Waals surface area contributed by atoms with Crippen LogP contribution in [0, 0.1) is 0 Å². The SMILES string of the molecule is C=CCN1C(=O)C(=Cc2ccco2)SC1=NS(=O)(=O)c1ccc(Cl)cc1. The molecule has 0 aliphatic carbocycles. The van der Waals surface area contributed by atoms with Gasteiger partial charge in [-0.1, -0.05) is 17.7 Å². The highest BCUT2D eigenvalue weighted by Gasteiger charge is 2.34. The molecule has 1 amide bonds. The highest BCUT2D eigenvalue weighted by atomic mass is 35.5. The van der Waals surface area contributed by atoms with Crippen LogP contribution in [-0.2, 0) is 14.8 Å². The molecule has 0 bridgehead atoms. The van der Waals surface area contributed by atoms with E-state index < -0.39 is 10.0 Å². The van der Waals surface area contributed by atoms with Gasteiger partial charge in [-0.05, 0) is 48.2 Å². The minimum absolute atomic E-state index is 0.00975. The van der Waals surface area contributed by atoms with Gasteiger partial charge < -0.3 is 4.42 Å². The van der Waals surface area contributed by atoms with Gasteiger partial charge in [0.15, 0.2) is 5.17 Å². The molecule has 0 radical (unpaired) electrons. The quantitative estimate of drug-likeness (QED) is 0.555. The predicted molar refractivity (Wildman–Crippen MR) is 102 cm³/mol. The van der Waals surface area contributed by atoms with Gasteiger partial charge in [-0.25, -0.2) is 0 Å². The van der Waals surface area contributed by atoms with E-state index in [4.69, 9.17) is 16.0 Å². The van der Waals surface area contributed by atoms with Crippen molar-refractivity contribution >= 4 is 50.5 Å². The molecule has 0 unspecified atom stereocenters. The normalized spacial score (nSPS) is 18.0. The van der Waals surface area contributed by atoms with E-state index in [-0.39, 0.29) is 22.5 Å². The first-order valence-electron chi connectivity index (χ1n) is 7.37. The Morgan fingerprint density at radius 3 is 2.62 bits per heavy atom. The van der Waals surface area contributed by atoms with Crippen molar-refractivity contribution in [1.29, 1.82) is 0 Å². The topological polar surface area (TPSA) is 80.0 Å². The number of amides is 1. The lowest BCUT2D eigenvalue weighted by atomic mass is 10.3.